The van der Waals surface area contributed by atoms with E-state index in [9.17, 15) is 8.42 Å². The van der Waals surface area contributed by atoms with Crippen molar-refractivity contribution in [1.82, 2.24) is 14.3 Å². The lowest BCUT2D eigenvalue weighted by molar-refractivity contribution is 0.0309. The average Bonchev–Trinajstić information content (AvgIpc) is 3.16. The normalized spacial score (nSPS) is 16.9. The van der Waals surface area contributed by atoms with Gasteiger partial charge >= 0.3 is 0 Å². The Kier molecular flexibility index (Phi) is 4.82. The number of nitrogens with zero attached hydrogens (tertiary/aromatic N) is 2. The van der Waals surface area contributed by atoms with Crippen LogP contribution in [-0.4, -0.2) is 31.6 Å². The fourth-order valence-electron chi connectivity index (χ4n) is 3.42. The quantitative estimate of drug-likeness (QED) is 0.735. The van der Waals surface area contributed by atoms with Crippen LogP contribution in [0.15, 0.2) is 65.8 Å². The first-order chi connectivity index (χ1) is 13.1. The summed E-state index contributed by atoms with van der Waals surface area (Å²) < 4.78 is 34.2. The highest BCUT2D eigenvalue weighted by Crippen LogP contribution is 2.30. The van der Waals surface area contributed by atoms with Gasteiger partial charge in [-0.1, -0.05) is 24.3 Å². The number of sulfonamides is 1. The second-order valence-corrected chi connectivity index (χ2v) is 8.33. The molecule has 3 aromatic rings. The molecule has 0 saturated heterocycles. The van der Waals surface area contributed by atoms with E-state index in [-0.39, 0.29) is 11.0 Å². The monoisotopic (exact) mass is 383 g/mol. The molecule has 0 aliphatic carbocycles. The number of rotatable bonds is 5. The first-order valence-corrected chi connectivity index (χ1v) is 10.3. The number of hydrogen-bond acceptors (Lipinski definition) is 4. The van der Waals surface area contributed by atoms with Crippen molar-refractivity contribution in [3.63, 3.8) is 0 Å². The molecule has 0 unspecified atom stereocenters. The zero-order chi connectivity index (χ0) is 18.9. The van der Waals surface area contributed by atoms with Gasteiger partial charge in [-0.3, -0.25) is 0 Å². The Morgan fingerprint density at radius 3 is 2.74 bits per heavy atom. The highest BCUT2D eigenvalue weighted by Gasteiger charge is 2.22. The van der Waals surface area contributed by atoms with E-state index in [1.165, 1.54) is 18.2 Å². The van der Waals surface area contributed by atoms with Crippen molar-refractivity contribution in [3.8, 4) is 11.4 Å². The van der Waals surface area contributed by atoms with Crippen molar-refractivity contribution in [2.24, 2.45) is 0 Å². The lowest BCUT2D eigenvalue weighted by Gasteiger charge is -2.26. The average molecular weight is 383 g/mol. The van der Waals surface area contributed by atoms with E-state index in [0.29, 0.717) is 13.2 Å². The summed E-state index contributed by atoms with van der Waals surface area (Å²) in [6, 6.07) is 15.1. The van der Waals surface area contributed by atoms with Crippen molar-refractivity contribution in [2.45, 2.75) is 24.0 Å². The Hall–Kier alpha value is -2.48. The molecule has 0 saturated carbocycles. The molecular formula is C20H21N3O3S. The Morgan fingerprint density at radius 1 is 1.19 bits per heavy atom. The summed E-state index contributed by atoms with van der Waals surface area (Å²) in [6.07, 6.45) is 4.59. The Balaban J connectivity index is 1.61. The van der Waals surface area contributed by atoms with Gasteiger partial charge in [-0.05, 0) is 48.9 Å². The van der Waals surface area contributed by atoms with Crippen molar-refractivity contribution < 1.29 is 13.2 Å². The third kappa shape index (κ3) is 3.53. The van der Waals surface area contributed by atoms with Crippen LogP contribution in [0.3, 0.4) is 0 Å². The Bertz CT molecular complexity index is 1040. The van der Waals surface area contributed by atoms with Crippen molar-refractivity contribution in [2.75, 3.05) is 13.7 Å². The number of hydrogen-bond donors (Lipinski definition) is 1. The maximum atomic E-state index is 11.9. The second-order valence-electron chi connectivity index (χ2n) is 6.44. The number of nitrogens with one attached hydrogen (secondary N) is 1. The molecule has 1 aliphatic heterocycles. The molecule has 1 aromatic heterocycles. The minimum absolute atomic E-state index is 0.0214. The van der Waals surface area contributed by atoms with Crippen LogP contribution < -0.4 is 4.72 Å². The Labute approximate surface area is 158 Å². The fourth-order valence-corrected chi connectivity index (χ4v) is 4.15. The van der Waals surface area contributed by atoms with Crippen molar-refractivity contribution in [3.05, 3.63) is 72.1 Å². The molecule has 0 radical (unpaired) electrons. The molecule has 140 valence electrons. The summed E-state index contributed by atoms with van der Waals surface area (Å²) in [5.74, 6) is 0.787. The number of fused-ring (bicyclic) bond motifs is 1. The number of benzene rings is 2. The van der Waals surface area contributed by atoms with Gasteiger partial charge < -0.3 is 9.30 Å². The van der Waals surface area contributed by atoms with E-state index in [4.69, 9.17) is 4.74 Å². The molecule has 2 heterocycles. The van der Waals surface area contributed by atoms with E-state index in [1.54, 1.807) is 30.5 Å². The van der Waals surface area contributed by atoms with Crippen molar-refractivity contribution >= 4 is 10.0 Å². The molecule has 27 heavy (non-hydrogen) atoms. The summed E-state index contributed by atoms with van der Waals surface area (Å²) in [5.41, 5.74) is 3.41. The van der Waals surface area contributed by atoms with E-state index in [0.717, 1.165) is 17.8 Å². The van der Waals surface area contributed by atoms with Crippen LogP contribution in [0.2, 0.25) is 0 Å². The van der Waals surface area contributed by atoms with Crippen LogP contribution in [0.25, 0.3) is 11.4 Å². The lowest BCUT2D eigenvalue weighted by Crippen LogP contribution is -2.20. The maximum absolute atomic E-state index is 11.9. The SMILES string of the molecule is CNS(=O)(=O)c1ccc(-c2nccn2C[C@@H]2OCCc3ccccc32)cc1. The third-order valence-electron chi connectivity index (χ3n) is 4.86. The first-order valence-electron chi connectivity index (χ1n) is 8.83. The van der Waals surface area contributed by atoms with Gasteiger partial charge in [0.05, 0.1) is 18.0 Å². The van der Waals surface area contributed by atoms with Gasteiger partial charge in [0.2, 0.25) is 10.0 Å². The first kappa shape index (κ1) is 17.9. The lowest BCUT2D eigenvalue weighted by atomic mass is 9.97. The van der Waals surface area contributed by atoms with Crippen molar-refractivity contribution in [1.29, 1.82) is 0 Å². The van der Waals surface area contributed by atoms with Crippen LogP contribution in [0.1, 0.15) is 17.2 Å². The maximum Gasteiger partial charge on any atom is 0.240 e. The smallest absolute Gasteiger partial charge is 0.240 e. The molecule has 0 fully saturated rings. The van der Waals surface area contributed by atoms with Gasteiger partial charge in [0, 0.05) is 18.0 Å². The van der Waals surface area contributed by atoms with Gasteiger partial charge in [-0.25, -0.2) is 18.1 Å². The molecule has 6 nitrogen and oxygen atoms in total. The summed E-state index contributed by atoms with van der Waals surface area (Å²) >= 11 is 0. The van der Waals surface area contributed by atoms with Gasteiger partial charge in [0.25, 0.3) is 0 Å². The molecule has 1 N–H and O–H groups in total. The molecule has 0 spiro atoms. The van der Waals surface area contributed by atoms with Crippen LogP contribution in [0, 0.1) is 0 Å². The molecule has 0 bridgehead atoms. The van der Waals surface area contributed by atoms with E-state index in [2.05, 4.69) is 27.9 Å². The predicted octanol–water partition coefficient (Wildman–Crippen LogP) is 2.77. The highest BCUT2D eigenvalue weighted by molar-refractivity contribution is 7.89. The van der Waals surface area contributed by atoms with Crippen LogP contribution in [0.5, 0.6) is 0 Å². The summed E-state index contributed by atoms with van der Waals surface area (Å²) in [7, 11) is -2.05. The molecule has 7 heteroatoms. The third-order valence-corrected chi connectivity index (χ3v) is 6.29. The highest BCUT2D eigenvalue weighted by atomic mass is 32.2. The number of ether oxygens (including phenoxy) is 1. The molecular weight excluding hydrogens is 362 g/mol. The Morgan fingerprint density at radius 2 is 1.96 bits per heavy atom. The molecule has 1 atom stereocenters. The standard InChI is InChI=1S/C20H21N3O3S/c1-21-27(24,25)17-8-6-16(7-9-17)20-22-11-12-23(20)14-19-18-5-3-2-4-15(18)10-13-26-19/h2-9,11-12,19,21H,10,13-14H2,1H3/t19-/m0/s1. The summed E-state index contributed by atoms with van der Waals surface area (Å²) in [6.45, 7) is 1.37. The summed E-state index contributed by atoms with van der Waals surface area (Å²) in [5, 5.41) is 0. The molecule has 0 amide bonds. The number of aromatic nitrogens is 2. The van der Waals surface area contributed by atoms with Crippen LogP contribution in [-0.2, 0) is 27.7 Å². The van der Waals surface area contributed by atoms with E-state index in [1.807, 2.05) is 16.8 Å². The minimum Gasteiger partial charge on any atom is -0.371 e. The topological polar surface area (TPSA) is 73.2 Å². The van der Waals surface area contributed by atoms with Crippen LogP contribution in [0.4, 0.5) is 0 Å². The van der Waals surface area contributed by atoms with E-state index >= 15 is 0 Å². The number of imidazole rings is 1. The van der Waals surface area contributed by atoms with Gasteiger partial charge in [-0.2, -0.15) is 0 Å². The van der Waals surface area contributed by atoms with Gasteiger partial charge in [-0.15, -0.1) is 0 Å². The fraction of sp³-hybridized carbons (Fsp3) is 0.250. The predicted molar refractivity (Wildman–Crippen MR) is 103 cm³/mol. The van der Waals surface area contributed by atoms with Gasteiger partial charge in [0.15, 0.2) is 0 Å². The van der Waals surface area contributed by atoms with Crippen LogP contribution >= 0.6 is 0 Å². The molecule has 4 rings (SSSR count). The largest absolute Gasteiger partial charge is 0.371 e. The zero-order valence-electron chi connectivity index (χ0n) is 15.0. The molecule has 1 aliphatic rings. The molecule has 2 aromatic carbocycles. The summed E-state index contributed by atoms with van der Waals surface area (Å²) in [4.78, 5) is 4.70. The minimum atomic E-state index is -3.45. The van der Waals surface area contributed by atoms with E-state index < -0.39 is 10.0 Å². The van der Waals surface area contributed by atoms with Gasteiger partial charge in [0.1, 0.15) is 11.9 Å². The second kappa shape index (κ2) is 7.26. The zero-order valence-corrected chi connectivity index (χ0v) is 15.8.